The molecule has 0 saturated carbocycles. The van der Waals surface area contributed by atoms with Crippen molar-refractivity contribution in [1.82, 2.24) is 9.88 Å². The van der Waals surface area contributed by atoms with Crippen LogP contribution in [0, 0.1) is 5.82 Å². The third-order valence-corrected chi connectivity index (χ3v) is 5.31. The van der Waals surface area contributed by atoms with Gasteiger partial charge in [-0.25, -0.2) is 27.3 Å². The number of hydrogen-bond donors (Lipinski definition) is 1. The van der Waals surface area contributed by atoms with E-state index in [0.29, 0.717) is 5.52 Å². The lowest BCUT2D eigenvalue weighted by atomic mass is 10.0. The van der Waals surface area contributed by atoms with Crippen molar-refractivity contribution >= 4 is 22.8 Å². The van der Waals surface area contributed by atoms with Crippen LogP contribution in [-0.2, 0) is 4.79 Å². The lowest BCUT2D eigenvalue weighted by molar-refractivity contribution is -0.148. The molecular formula is C27H30F4N2O4. The Bertz CT molecular complexity index is 1210. The SMILES string of the molecule is CC.CC(C)(F)C(=O)O.O=C(c1ccccc1F)N1CCC(F)(F)C(Oc2ccc3ccccc3n2)C1. The quantitative estimate of drug-likeness (QED) is 0.416. The molecule has 2 heterocycles. The molecule has 1 saturated heterocycles. The largest absolute Gasteiger partial charge is 0.479 e. The number of ether oxygens (including phenoxy) is 1. The molecule has 1 unspecified atom stereocenters. The molecule has 4 rings (SSSR count). The highest BCUT2D eigenvalue weighted by atomic mass is 19.3. The van der Waals surface area contributed by atoms with Crippen LogP contribution < -0.4 is 4.74 Å². The van der Waals surface area contributed by atoms with Crippen LogP contribution in [0.1, 0.15) is 44.5 Å². The van der Waals surface area contributed by atoms with Crippen molar-refractivity contribution in [3.63, 3.8) is 0 Å². The number of carbonyl (C=O) groups excluding carboxylic acids is 1. The fourth-order valence-corrected chi connectivity index (χ4v) is 3.24. The molecule has 1 aliphatic heterocycles. The highest BCUT2D eigenvalue weighted by molar-refractivity contribution is 5.94. The Morgan fingerprint density at radius 3 is 2.27 bits per heavy atom. The van der Waals surface area contributed by atoms with Gasteiger partial charge in [0.15, 0.2) is 6.10 Å². The number of benzene rings is 2. The molecule has 37 heavy (non-hydrogen) atoms. The van der Waals surface area contributed by atoms with Crippen LogP contribution in [-0.4, -0.2) is 57.7 Å². The third-order valence-electron chi connectivity index (χ3n) is 5.31. The molecule has 0 aliphatic carbocycles. The molecule has 6 nitrogen and oxygen atoms in total. The Labute approximate surface area is 212 Å². The van der Waals surface area contributed by atoms with Gasteiger partial charge in [0.1, 0.15) is 5.82 Å². The number of likely N-dealkylation sites (tertiary alicyclic amines) is 1. The molecule has 1 atom stereocenters. The molecule has 1 fully saturated rings. The van der Waals surface area contributed by atoms with Crippen LogP contribution in [0.4, 0.5) is 17.6 Å². The number of halogens is 4. The molecule has 1 aromatic heterocycles. The van der Waals surface area contributed by atoms with Crippen molar-refractivity contribution in [2.45, 2.75) is 51.8 Å². The van der Waals surface area contributed by atoms with Crippen molar-refractivity contribution in [3.8, 4) is 5.88 Å². The number of pyridine rings is 1. The maximum Gasteiger partial charge on any atom is 0.340 e. The van der Waals surface area contributed by atoms with E-state index in [9.17, 15) is 27.2 Å². The van der Waals surface area contributed by atoms with E-state index in [-0.39, 0.29) is 24.5 Å². The van der Waals surface area contributed by atoms with Gasteiger partial charge in [0, 0.05) is 24.4 Å². The molecule has 0 bridgehead atoms. The number of fused-ring (bicyclic) bond motifs is 1. The number of carboxylic acids is 1. The van der Waals surface area contributed by atoms with E-state index in [0.717, 1.165) is 19.2 Å². The lowest BCUT2D eigenvalue weighted by Crippen LogP contribution is -2.55. The Morgan fingerprint density at radius 1 is 1.05 bits per heavy atom. The van der Waals surface area contributed by atoms with E-state index >= 15 is 0 Å². The Balaban J connectivity index is 0.000000465. The predicted molar refractivity (Wildman–Crippen MR) is 132 cm³/mol. The molecule has 1 N–H and O–H groups in total. The minimum absolute atomic E-state index is 0.0589. The number of aromatic nitrogens is 1. The Morgan fingerprint density at radius 2 is 1.65 bits per heavy atom. The predicted octanol–water partition coefficient (Wildman–Crippen LogP) is 6.15. The highest BCUT2D eigenvalue weighted by Crippen LogP contribution is 2.32. The van der Waals surface area contributed by atoms with Crippen molar-refractivity contribution in [2.24, 2.45) is 0 Å². The van der Waals surface area contributed by atoms with Crippen LogP contribution in [0.2, 0.25) is 0 Å². The Kier molecular flexibility index (Phi) is 9.99. The van der Waals surface area contributed by atoms with E-state index in [4.69, 9.17) is 9.84 Å². The molecular weight excluding hydrogens is 492 g/mol. The number of nitrogens with zero attached hydrogens (tertiary/aromatic N) is 2. The molecule has 0 radical (unpaired) electrons. The fraction of sp³-hybridized carbons (Fsp3) is 0.370. The molecule has 200 valence electrons. The van der Waals surface area contributed by atoms with Crippen molar-refractivity contribution in [1.29, 1.82) is 0 Å². The van der Waals surface area contributed by atoms with Gasteiger partial charge in [-0.1, -0.05) is 44.2 Å². The topological polar surface area (TPSA) is 79.7 Å². The molecule has 2 aromatic carbocycles. The number of aliphatic carboxylic acids is 1. The molecule has 1 aliphatic rings. The average Bonchev–Trinajstić information content (AvgIpc) is 2.86. The molecule has 3 aromatic rings. The monoisotopic (exact) mass is 522 g/mol. The summed E-state index contributed by atoms with van der Waals surface area (Å²) < 4.78 is 60.1. The zero-order valence-corrected chi connectivity index (χ0v) is 21.1. The number of piperidine rings is 1. The summed E-state index contributed by atoms with van der Waals surface area (Å²) in [6.07, 6.45) is -2.13. The second kappa shape index (κ2) is 12.5. The van der Waals surface area contributed by atoms with Crippen molar-refractivity contribution in [2.75, 3.05) is 13.1 Å². The van der Waals surface area contributed by atoms with Gasteiger partial charge in [0.05, 0.1) is 17.6 Å². The normalized spacial score (nSPS) is 16.5. The molecule has 0 spiro atoms. The van der Waals surface area contributed by atoms with Gasteiger partial charge in [-0.15, -0.1) is 0 Å². The number of para-hydroxylation sites is 1. The summed E-state index contributed by atoms with van der Waals surface area (Å²) in [5.74, 6) is -5.80. The second-order valence-corrected chi connectivity index (χ2v) is 8.47. The first kappa shape index (κ1) is 29.5. The number of hydrogen-bond acceptors (Lipinski definition) is 4. The van der Waals surface area contributed by atoms with Gasteiger partial charge in [0.25, 0.3) is 11.8 Å². The lowest BCUT2D eigenvalue weighted by Gasteiger charge is -2.38. The number of carboxylic acid groups (broad SMARTS) is 1. The van der Waals surface area contributed by atoms with E-state index < -0.39 is 41.8 Å². The van der Waals surface area contributed by atoms with E-state index in [1.807, 2.05) is 26.0 Å². The number of amides is 1. The van der Waals surface area contributed by atoms with Gasteiger partial charge in [0.2, 0.25) is 11.5 Å². The third kappa shape index (κ3) is 7.90. The first-order valence-corrected chi connectivity index (χ1v) is 11.7. The average molecular weight is 523 g/mol. The van der Waals surface area contributed by atoms with Crippen LogP contribution in [0.25, 0.3) is 10.9 Å². The summed E-state index contributed by atoms with van der Waals surface area (Å²) in [6.45, 7) is 5.46. The van der Waals surface area contributed by atoms with Gasteiger partial charge in [-0.2, -0.15) is 0 Å². The van der Waals surface area contributed by atoms with Gasteiger partial charge in [-0.3, -0.25) is 4.79 Å². The summed E-state index contributed by atoms with van der Waals surface area (Å²) in [5.41, 5.74) is -1.60. The second-order valence-electron chi connectivity index (χ2n) is 8.47. The van der Waals surface area contributed by atoms with E-state index in [1.165, 1.54) is 35.2 Å². The minimum Gasteiger partial charge on any atom is -0.479 e. The number of alkyl halides is 3. The van der Waals surface area contributed by atoms with Crippen molar-refractivity contribution in [3.05, 3.63) is 72.0 Å². The molecule has 1 amide bonds. The first-order valence-electron chi connectivity index (χ1n) is 11.7. The van der Waals surface area contributed by atoms with Gasteiger partial charge < -0.3 is 14.7 Å². The van der Waals surface area contributed by atoms with Gasteiger partial charge in [-0.05, 0) is 38.1 Å². The Hall–Kier alpha value is -3.69. The summed E-state index contributed by atoms with van der Waals surface area (Å²) in [5, 5.41) is 8.74. The van der Waals surface area contributed by atoms with E-state index in [2.05, 4.69) is 4.98 Å². The first-order chi connectivity index (χ1) is 17.4. The van der Waals surface area contributed by atoms with Crippen molar-refractivity contribution < 1.29 is 37.0 Å². The molecule has 10 heteroatoms. The van der Waals surface area contributed by atoms with Crippen LogP contribution in [0.3, 0.4) is 0 Å². The number of carbonyl (C=O) groups is 2. The number of rotatable bonds is 4. The summed E-state index contributed by atoms with van der Waals surface area (Å²) in [6, 6.07) is 16.0. The summed E-state index contributed by atoms with van der Waals surface area (Å²) in [7, 11) is 0. The zero-order chi connectivity index (χ0) is 27.8. The van der Waals surface area contributed by atoms with E-state index in [1.54, 1.807) is 18.2 Å². The minimum atomic E-state index is -3.13. The fourth-order valence-electron chi connectivity index (χ4n) is 3.24. The summed E-state index contributed by atoms with van der Waals surface area (Å²) in [4.78, 5) is 27.7. The summed E-state index contributed by atoms with van der Waals surface area (Å²) >= 11 is 0. The van der Waals surface area contributed by atoms with Crippen LogP contribution in [0.15, 0.2) is 60.7 Å². The zero-order valence-electron chi connectivity index (χ0n) is 21.1. The standard InChI is InChI=1S/C21H17F3N2O2.C4H7FO2.C2H6/c22-16-7-3-2-6-15(16)20(27)26-12-11-21(23,24)18(13-26)28-19-10-9-14-5-1-4-8-17(14)25-19;1-4(2,5)3(6)7;1-2/h1-10,18H,11-13H2;1-2H3,(H,6,7);1-2H3. The highest BCUT2D eigenvalue weighted by Gasteiger charge is 2.47. The maximum atomic E-state index is 14.4. The maximum absolute atomic E-state index is 14.4. The smallest absolute Gasteiger partial charge is 0.340 e. The van der Waals surface area contributed by atoms with Crippen LogP contribution >= 0.6 is 0 Å². The van der Waals surface area contributed by atoms with Crippen LogP contribution in [0.5, 0.6) is 5.88 Å². The van der Waals surface area contributed by atoms with Gasteiger partial charge >= 0.3 is 5.97 Å².